The van der Waals surface area contributed by atoms with Crippen LogP contribution in [0.2, 0.25) is 0 Å². The van der Waals surface area contributed by atoms with Gasteiger partial charge in [-0.15, -0.1) is 10.2 Å². The second-order valence-corrected chi connectivity index (χ2v) is 7.61. The van der Waals surface area contributed by atoms with Crippen molar-refractivity contribution < 1.29 is 9.53 Å². The van der Waals surface area contributed by atoms with E-state index in [1.54, 1.807) is 7.11 Å². The number of rotatable bonds is 8. The van der Waals surface area contributed by atoms with Crippen LogP contribution < -0.4 is 10.2 Å². The van der Waals surface area contributed by atoms with Crippen molar-refractivity contribution in [2.24, 2.45) is 5.10 Å². The second kappa shape index (κ2) is 10.1. The van der Waals surface area contributed by atoms with Crippen LogP contribution in [0.3, 0.4) is 0 Å². The molecule has 0 aliphatic heterocycles. The average molecular weight is 424 g/mol. The minimum absolute atomic E-state index is 0.199. The Morgan fingerprint density at radius 2 is 1.83 bits per heavy atom. The summed E-state index contributed by atoms with van der Waals surface area (Å²) >= 11 is 1.34. The number of hydrogen-bond donors (Lipinski definition) is 1. The summed E-state index contributed by atoms with van der Waals surface area (Å²) in [5.41, 5.74) is 6.43. The van der Waals surface area contributed by atoms with E-state index in [9.17, 15) is 4.79 Å². The summed E-state index contributed by atoms with van der Waals surface area (Å²) in [5.74, 6) is 1.58. The monoisotopic (exact) mass is 423 g/mol. The molecule has 0 aliphatic carbocycles. The second-order valence-electron chi connectivity index (χ2n) is 6.67. The van der Waals surface area contributed by atoms with Gasteiger partial charge in [0.2, 0.25) is 0 Å². The molecule has 1 aromatic heterocycles. The summed E-state index contributed by atoms with van der Waals surface area (Å²) in [6, 6.07) is 15.7. The molecule has 8 heteroatoms. The molecule has 1 heterocycles. The van der Waals surface area contributed by atoms with Gasteiger partial charge in [0.05, 0.1) is 18.6 Å². The molecule has 3 rings (SSSR count). The maximum atomic E-state index is 12.2. The molecule has 0 fully saturated rings. The van der Waals surface area contributed by atoms with Gasteiger partial charge >= 0.3 is 0 Å². The number of hydrazone groups is 1. The van der Waals surface area contributed by atoms with E-state index >= 15 is 0 Å². The van der Waals surface area contributed by atoms with Crippen molar-refractivity contribution in [1.82, 2.24) is 20.2 Å². The van der Waals surface area contributed by atoms with Crippen LogP contribution in [0.4, 0.5) is 0 Å². The van der Waals surface area contributed by atoms with Crippen LogP contribution in [0.25, 0.3) is 11.4 Å². The Balaban J connectivity index is 1.61. The smallest absolute Gasteiger partial charge is 0.250 e. The highest BCUT2D eigenvalue weighted by Crippen LogP contribution is 2.24. The largest absolute Gasteiger partial charge is 0.497 e. The van der Waals surface area contributed by atoms with Crippen LogP contribution in [0, 0.1) is 6.92 Å². The summed E-state index contributed by atoms with van der Waals surface area (Å²) < 4.78 is 7.16. The molecule has 0 spiro atoms. The number of methoxy groups -OCH3 is 1. The fourth-order valence-corrected chi connectivity index (χ4v) is 3.60. The topological polar surface area (TPSA) is 81.4 Å². The summed E-state index contributed by atoms with van der Waals surface area (Å²) in [6.45, 7) is 6.65. The molecule has 2 aromatic carbocycles. The summed E-state index contributed by atoms with van der Waals surface area (Å²) in [4.78, 5) is 12.2. The lowest BCUT2D eigenvalue weighted by Gasteiger charge is -2.07. The van der Waals surface area contributed by atoms with E-state index in [-0.39, 0.29) is 11.7 Å². The molecular formula is C22H25N5O2S. The predicted molar refractivity (Wildman–Crippen MR) is 120 cm³/mol. The Hall–Kier alpha value is -3.13. The third-order valence-electron chi connectivity index (χ3n) is 4.53. The Labute approximate surface area is 180 Å². The maximum Gasteiger partial charge on any atom is 0.250 e. The number of carbonyl (C=O) groups excluding carboxylic acids is 1. The van der Waals surface area contributed by atoms with Crippen LogP contribution in [-0.2, 0) is 11.3 Å². The molecule has 0 saturated heterocycles. The van der Waals surface area contributed by atoms with Gasteiger partial charge in [0.1, 0.15) is 5.75 Å². The van der Waals surface area contributed by atoms with Crippen LogP contribution in [0.15, 0.2) is 58.8 Å². The first kappa shape index (κ1) is 21.6. The SMILES string of the molecule is CCn1c(SCC(=O)NN=C(C)c2ccc(OC)cc2)nnc1-c1ccc(C)cc1. The van der Waals surface area contributed by atoms with Crippen molar-refractivity contribution in [3.8, 4) is 17.1 Å². The van der Waals surface area contributed by atoms with Gasteiger partial charge in [0, 0.05) is 12.1 Å². The summed E-state index contributed by atoms with van der Waals surface area (Å²) in [5, 5.41) is 13.5. The number of amides is 1. The van der Waals surface area contributed by atoms with E-state index in [2.05, 4.69) is 20.7 Å². The molecule has 156 valence electrons. The molecule has 0 aliphatic rings. The molecule has 1 amide bonds. The Morgan fingerprint density at radius 3 is 2.47 bits per heavy atom. The lowest BCUT2D eigenvalue weighted by atomic mass is 10.1. The minimum Gasteiger partial charge on any atom is -0.497 e. The van der Waals surface area contributed by atoms with E-state index in [0.717, 1.165) is 35.0 Å². The van der Waals surface area contributed by atoms with Crippen molar-refractivity contribution in [1.29, 1.82) is 0 Å². The van der Waals surface area contributed by atoms with Crippen LogP contribution in [-0.4, -0.2) is 39.2 Å². The van der Waals surface area contributed by atoms with Crippen molar-refractivity contribution in [2.75, 3.05) is 12.9 Å². The molecular weight excluding hydrogens is 398 g/mol. The van der Waals surface area contributed by atoms with E-state index in [1.807, 2.05) is 73.9 Å². The number of thioether (sulfide) groups is 1. The lowest BCUT2D eigenvalue weighted by molar-refractivity contribution is -0.118. The zero-order valence-corrected chi connectivity index (χ0v) is 18.4. The molecule has 7 nitrogen and oxygen atoms in total. The molecule has 0 radical (unpaired) electrons. The third-order valence-corrected chi connectivity index (χ3v) is 5.50. The van der Waals surface area contributed by atoms with Crippen LogP contribution in [0.1, 0.15) is 25.0 Å². The van der Waals surface area contributed by atoms with Gasteiger partial charge in [-0.2, -0.15) is 5.10 Å². The van der Waals surface area contributed by atoms with Gasteiger partial charge in [-0.1, -0.05) is 41.6 Å². The molecule has 0 atom stereocenters. The number of ether oxygens (including phenoxy) is 1. The normalized spacial score (nSPS) is 11.4. The highest BCUT2D eigenvalue weighted by molar-refractivity contribution is 7.99. The lowest BCUT2D eigenvalue weighted by Crippen LogP contribution is -2.21. The van der Waals surface area contributed by atoms with Crippen molar-refractivity contribution in [3.63, 3.8) is 0 Å². The van der Waals surface area contributed by atoms with E-state index in [1.165, 1.54) is 17.3 Å². The predicted octanol–water partition coefficient (Wildman–Crippen LogP) is 3.91. The van der Waals surface area contributed by atoms with Crippen molar-refractivity contribution in [2.45, 2.75) is 32.5 Å². The molecule has 3 aromatic rings. The first-order valence-electron chi connectivity index (χ1n) is 9.62. The van der Waals surface area contributed by atoms with Crippen LogP contribution in [0.5, 0.6) is 5.75 Å². The van der Waals surface area contributed by atoms with E-state index in [4.69, 9.17) is 4.74 Å². The van der Waals surface area contributed by atoms with Crippen molar-refractivity contribution in [3.05, 3.63) is 59.7 Å². The molecule has 30 heavy (non-hydrogen) atoms. The first-order valence-corrected chi connectivity index (χ1v) is 10.6. The number of nitrogens with one attached hydrogen (secondary N) is 1. The van der Waals surface area contributed by atoms with Gasteiger partial charge in [-0.05, 0) is 50.6 Å². The summed E-state index contributed by atoms with van der Waals surface area (Å²) in [6.07, 6.45) is 0. The fourth-order valence-electron chi connectivity index (χ4n) is 2.80. The van der Waals surface area contributed by atoms with Gasteiger partial charge in [-0.25, -0.2) is 5.43 Å². The molecule has 1 N–H and O–H groups in total. The number of nitrogens with zero attached hydrogens (tertiary/aromatic N) is 4. The van der Waals surface area contributed by atoms with E-state index < -0.39 is 0 Å². The van der Waals surface area contributed by atoms with Crippen LogP contribution >= 0.6 is 11.8 Å². The van der Waals surface area contributed by atoms with Gasteiger partial charge in [0.15, 0.2) is 11.0 Å². The number of aromatic nitrogens is 3. The fraction of sp³-hybridized carbons (Fsp3) is 0.273. The minimum atomic E-state index is -0.199. The highest BCUT2D eigenvalue weighted by Gasteiger charge is 2.14. The molecule has 0 saturated carbocycles. The summed E-state index contributed by atoms with van der Waals surface area (Å²) in [7, 11) is 1.62. The number of aryl methyl sites for hydroxylation is 1. The first-order chi connectivity index (χ1) is 14.5. The van der Waals surface area contributed by atoms with Crippen molar-refractivity contribution >= 4 is 23.4 Å². The average Bonchev–Trinajstić information content (AvgIpc) is 3.19. The standard InChI is InChI=1S/C22H25N5O2S/c1-5-27-21(18-8-6-15(2)7-9-18)25-26-22(27)30-14-20(28)24-23-16(3)17-10-12-19(29-4)13-11-17/h6-13H,5,14H2,1-4H3,(H,24,28). The van der Waals surface area contributed by atoms with Gasteiger partial charge < -0.3 is 9.30 Å². The Kier molecular flexibility index (Phi) is 7.24. The quantitative estimate of drug-likeness (QED) is 0.337. The Bertz CT molecular complexity index is 1030. The number of benzene rings is 2. The maximum absolute atomic E-state index is 12.2. The number of hydrogen-bond acceptors (Lipinski definition) is 6. The number of carbonyl (C=O) groups is 1. The molecule has 0 bridgehead atoms. The molecule has 0 unspecified atom stereocenters. The van der Waals surface area contributed by atoms with Gasteiger partial charge in [0.25, 0.3) is 5.91 Å². The Morgan fingerprint density at radius 1 is 1.13 bits per heavy atom. The van der Waals surface area contributed by atoms with E-state index in [0.29, 0.717) is 5.16 Å². The highest BCUT2D eigenvalue weighted by atomic mass is 32.2. The van der Waals surface area contributed by atoms with Gasteiger partial charge in [-0.3, -0.25) is 4.79 Å². The zero-order chi connectivity index (χ0) is 21.5. The third kappa shape index (κ3) is 5.27. The zero-order valence-electron chi connectivity index (χ0n) is 17.5.